The van der Waals surface area contributed by atoms with Crippen LogP contribution >= 0.6 is 0 Å². The van der Waals surface area contributed by atoms with Crippen LogP contribution in [-0.4, -0.2) is 95.1 Å². The van der Waals surface area contributed by atoms with Gasteiger partial charge < -0.3 is 29.4 Å². The lowest BCUT2D eigenvalue weighted by Crippen LogP contribution is -2.38. The molecule has 0 spiro atoms. The summed E-state index contributed by atoms with van der Waals surface area (Å²) in [5.74, 6) is 0.0587. The topological polar surface area (TPSA) is 97.3 Å². The number of unbranched alkanes of at least 4 members (excludes halogenated alkanes) is 1. The van der Waals surface area contributed by atoms with Crippen molar-refractivity contribution in [1.82, 2.24) is 10.2 Å². The molecule has 216 valence electrons. The van der Waals surface area contributed by atoms with Gasteiger partial charge in [0.05, 0.1) is 46.2 Å². The SMILES string of the molecule is CC.CC.CC.CCCCN(CC=O)CCOCCOCCOCCNC(=O)C(C)(C)CC.CO. The summed E-state index contributed by atoms with van der Waals surface area (Å²) in [4.78, 5) is 24.6. The van der Waals surface area contributed by atoms with Crippen LogP contribution in [0.3, 0.4) is 0 Å². The number of aliphatic hydroxyl groups is 1. The van der Waals surface area contributed by atoms with Gasteiger partial charge in [0.2, 0.25) is 5.91 Å². The van der Waals surface area contributed by atoms with Gasteiger partial charge in [0.1, 0.15) is 6.29 Å². The van der Waals surface area contributed by atoms with Crippen molar-refractivity contribution >= 4 is 12.2 Å². The average molecular weight is 511 g/mol. The van der Waals surface area contributed by atoms with Gasteiger partial charge in [-0.3, -0.25) is 9.69 Å². The van der Waals surface area contributed by atoms with E-state index in [1.807, 2.05) is 62.3 Å². The fourth-order valence-electron chi connectivity index (χ4n) is 2.15. The summed E-state index contributed by atoms with van der Waals surface area (Å²) in [6, 6.07) is 0. The second-order valence-corrected chi connectivity index (χ2v) is 7.15. The maximum absolute atomic E-state index is 11.9. The number of nitrogens with zero attached hydrogens (tertiary/aromatic N) is 1. The summed E-state index contributed by atoms with van der Waals surface area (Å²) < 4.78 is 16.4. The number of carbonyl (C=O) groups excluding carboxylic acids is 2. The first-order valence-corrected chi connectivity index (χ1v) is 13.6. The van der Waals surface area contributed by atoms with Crippen LogP contribution in [0.15, 0.2) is 0 Å². The van der Waals surface area contributed by atoms with Gasteiger partial charge in [0, 0.05) is 25.6 Å². The first-order chi connectivity index (χ1) is 17.0. The van der Waals surface area contributed by atoms with Crippen LogP contribution in [0.5, 0.6) is 0 Å². The Hall–Kier alpha value is -1.06. The number of hydrogen-bond donors (Lipinski definition) is 2. The summed E-state index contributed by atoms with van der Waals surface area (Å²) in [6.45, 7) is 25.8. The molecular formula is C27H62N2O6. The largest absolute Gasteiger partial charge is 0.400 e. The van der Waals surface area contributed by atoms with E-state index < -0.39 is 0 Å². The number of nitrogens with one attached hydrogen (secondary N) is 1. The van der Waals surface area contributed by atoms with Crippen molar-refractivity contribution in [3.8, 4) is 0 Å². The number of aliphatic hydroxyl groups excluding tert-OH is 1. The van der Waals surface area contributed by atoms with Crippen LogP contribution in [0, 0.1) is 5.41 Å². The molecule has 0 unspecified atom stereocenters. The molecule has 0 bridgehead atoms. The maximum Gasteiger partial charge on any atom is 0.225 e. The van der Waals surface area contributed by atoms with Crippen molar-refractivity contribution in [3.05, 3.63) is 0 Å². The van der Waals surface area contributed by atoms with E-state index in [0.29, 0.717) is 52.7 Å². The standard InChI is InChI=1S/C20H40N2O5.3C2H6.CH4O/c1-5-7-9-22(10-12-23)11-14-26-16-18-27-17-15-25-13-8-21-19(24)20(3,4)6-2;4*1-2/h12H,5-11,13-18H2,1-4H3,(H,21,24);3*1-2H3;2H,1H3. The third kappa shape index (κ3) is 35.2. The molecule has 8 nitrogen and oxygen atoms in total. The third-order valence-corrected chi connectivity index (χ3v) is 4.49. The quantitative estimate of drug-likeness (QED) is 0.194. The Labute approximate surface area is 218 Å². The molecule has 0 aliphatic carbocycles. The molecule has 0 fully saturated rings. The Morgan fingerprint density at radius 1 is 0.829 bits per heavy atom. The summed E-state index contributed by atoms with van der Waals surface area (Å²) >= 11 is 0. The smallest absolute Gasteiger partial charge is 0.225 e. The normalized spacial score (nSPS) is 9.74. The molecule has 0 rings (SSSR count). The first kappa shape index (κ1) is 44.0. The second kappa shape index (κ2) is 40.1. The van der Waals surface area contributed by atoms with Crippen LogP contribution in [0.1, 0.15) is 88.5 Å². The molecule has 8 heteroatoms. The lowest BCUT2D eigenvalue weighted by atomic mass is 9.89. The van der Waals surface area contributed by atoms with Gasteiger partial charge >= 0.3 is 0 Å². The molecule has 1 amide bonds. The molecule has 0 heterocycles. The van der Waals surface area contributed by atoms with E-state index in [1.165, 1.54) is 0 Å². The molecule has 0 aromatic rings. The molecule has 0 saturated carbocycles. The van der Waals surface area contributed by atoms with E-state index in [1.54, 1.807) is 0 Å². The molecule has 0 atom stereocenters. The Balaban J connectivity index is -0.000000337. The highest BCUT2D eigenvalue weighted by atomic mass is 16.5. The van der Waals surface area contributed by atoms with E-state index in [2.05, 4.69) is 17.1 Å². The number of carbonyl (C=O) groups is 2. The Kier molecular flexibility index (Phi) is 50.4. The third-order valence-electron chi connectivity index (χ3n) is 4.49. The maximum atomic E-state index is 11.9. The van der Waals surface area contributed by atoms with Gasteiger partial charge in [-0.15, -0.1) is 0 Å². The van der Waals surface area contributed by atoms with Crippen LogP contribution in [0.25, 0.3) is 0 Å². The summed E-state index contributed by atoms with van der Waals surface area (Å²) in [6.07, 6.45) is 3.96. The molecule has 0 saturated heterocycles. The van der Waals surface area contributed by atoms with Gasteiger partial charge in [0.15, 0.2) is 0 Å². The number of amides is 1. The van der Waals surface area contributed by atoms with E-state index >= 15 is 0 Å². The molecule has 0 aliphatic heterocycles. The van der Waals surface area contributed by atoms with Crippen LogP contribution < -0.4 is 5.32 Å². The Morgan fingerprint density at radius 3 is 1.71 bits per heavy atom. The van der Waals surface area contributed by atoms with Crippen molar-refractivity contribution in [3.63, 3.8) is 0 Å². The highest BCUT2D eigenvalue weighted by molar-refractivity contribution is 5.81. The predicted octanol–water partition coefficient (Wildman–Crippen LogP) is 4.58. The molecule has 35 heavy (non-hydrogen) atoms. The fourth-order valence-corrected chi connectivity index (χ4v) is 2.15. The minimum absolute atomic E-state index is 0.0587. The van der Waals surface area contributed by atoms with Gasteiger partial charge in [-0.1, -0.05) is 75.7 Å². The van der Waals surface area contributed by atoms with Gasteiger partial charge in [-0.05, 0) is 19.4 Å². The lowest BCUT2D eigenvalue weighted by molar-refractivity contribution is -0.129. The molecular weight excluding hydrogens is 448 g/mol. The summed E-state index contributed by atoms with van der Waals surface area (Å²) in [5, 5.41) is 9.88. The van der Waals surface area contributed by atoms with E-state index in [0.717, 1.165) is 45.7 Å². The average Bonchev–Trinajstić information content (AvgIpc) is 2.92. The minimum atomic E-state index is -0.330. The minimum Gasteiger partial charge on any atom is -0.400 e. The van der Waals surface area contributed by atoms with Crippen molar-refractivity contribution in [1.29, 1.82) is 0 Å². The number of aldehydes is 1. The van der Waals surface area contributed by atoms with Gasteiger partial charge in [-0.2, -0.15) is 0 Å². The van der Waals surface area contributed by atoms with E-state index in [9.17, 15) is 9.59 Å². The fraction of sp³-hybridized carbons (Fsp3) is 0.926. The van der Waals surface area contributed by atoms with Gasteiger partial charge in [-0.25, -0.2) is 0 Å². The van der Waals surface area contributed by atoms with E-state index in [-0.39, 0.29) is 11.3 Å². The highest BCUT2D eigenvalue weighted by Gasteiger charge is 2.24. The first-order valence-electron chi connectivity index (χ1n) is 13.6. The molecule has 0 aliphatic rings. The molecule has 0 aromatic carbocycles. The van der Waals surface area contributed by atoms with Crippen molar-refractivity contribution in [2.75, 3.05) is 72.9 Å². The number of ether oxygens (including phenoxy) is 3. The van der Waals surface area contributed by atoms with Crippen molar-refractivity contribution < 1.29 is 28.9 Å². The van der Waals surface area contributed by atoms with E-state index in [4.69, 9.17) is 19.3 Å². The summed E-state index contributed by atoms with van der Waals surface area (Å²) in [7, 11) is 1.00. The van der Waals surface area contributed by atoms with Crippen LogP contribution in [-0.2, 0) is 23.8 Å². The van der Waals surface area contributed by atoms with Crippen LogP contribution in [0.2, 0.25) is 0 Å². The lowest BCUT2D eigenvalue weighted by Gasteiger charge is -2.21. The Bertz CT molecular complexity index is 383. The monoisotopic (exact) mass is 510 g/mol. The zero-order chi connectivity index (χ0) is 28.4. The Morgan fingerprint density at radius 2 is 1.29 bits per heavy atom. The van der Waals surface area contributed by atoms with Crippen LogP contribution in [0.4, 0.5) is 0 Å². The molecule has 2 N–H and O–H groups in total. The molecule has 0 aromatic heterocycles. The summed E-state index contributed by atoms with van der Waals surface area (Å²) in [5.41, 5.74) is -0.330. The number of rotatable bonds is 19. The zero-order valence-corrected chi connectivity index (χ0v) is 25.2. The number of hydrogen-bond acceptors (Lipinski definition) is 7. The van der Waals surface area contributed by atoms with Gasteiger partial charge in [0.25, 0.3) is 0 Å². The van der Waals surface area contributed by atoms with Crippen molar-refractivity contribution in [2.24, 2.45) is 5.41 Å². The predicted molar refractivity (Wildman–Crippen MR) is 149 cm³/mol. The molecule has 0 radical (unpaired) electrons. The highest BCUT2D eigenvalue weighted by Crippen LogP contribution is 2.18. The second-order valence-electron chi connectivity index (χ2n) is 7.15. The zero-order valence-electron chi connectivity index (χ0n) is 25.2. The van der Waals surface area contributed by atoms with Crippen molar-refractivity contribution in [2.45, 2.75) is 88.5 Å².